The lowest BCUT2D eigenvalue weighted by molar-refractivity contribution is 0.225. The van der Waals surface area contributed by atoms with Crippen molar-refractivity contribution in [3.8, 4) is 0 Å². The fourth-order valence-electron chi connectivity index (χ4n) is 2.67. The minimum Gasteiger partial charge on any atom is -0.472 e. The number of nitrogens with one attached hydrogen (secondary N) is 1. The largest absolute Gasteiger partial charge is 0.472 e. The summed E-state index contributed by atoms with van der Waals surface area (Å²) >= 11 is 0. The molecule has 19 heavy (non-hydrogen) atoms. The minimum atomic E-state index is 0.384. The monoisotopic (exact) mass is 265 g/mol. The van der Waals surface area contributed by atoms with Gasteiger partial charge in [0.05, 0.1) is 12.5 Å². The molecule has 0 spiro atoms. The van der Waals surface area contributed by atoms with E-state index in [0.29, 0.717) is 5.41 Å². The summed E-state index contributed by atoms with van der Waals surface area (Å²) in [6.45, 7) is 11.4. The molecule has 1 aromatic rings. The molecule has 0 radical (unpaired) electrons. The Kier molecular flexibility index (Phi) is 7.22. The van der Waals surface area contributed by atoms with Gasteiger partial charge in [-0.1, -0.05) is 40.5 Å². The van der Waals surface area contributed by atoms with Gasteiger partial charge in [-0.05, 0) is 48.8 Å². The van der Waals surface area contributed by atoms with Crippen LogP contribution in [0.4, 0.5) is 0 Å². The summed E-state index contributed by atoms with van der Waals surface area (Å²) in [4.78, 5) is 0. The lowest BCUT2D eigenvalue weighted by Gasteiger charge is -2.33. The topological polar surface area (TPSA) is 25.2 Å². The minimum absolute atomic E-state index is 0.384. The van der Waals surface area contributed by atoms with Gasteiger partial charge in [0.25, 0.3) is 0 Å². The van der Waals surface area contributed by atoms with E-state index in [9.17, 15) is 0 Å². The first kappa shape index (κ1) is 16.3. The molecule has 0 aliphatic rings. The summed E-state index contributed by atoms with van der Waals surface area (Å²) in [6, 6.07) is 2.11. The van der Waals surface area contributed by atoms with Gasteiger partial charge in [0, 0.05) is 6.54 Å². The van der Waals surface area contributed by atoms with Crippen molar-refractivity contribution in [3.63, 3.8) is 0 Å². The van der Waals surface area contributed by atoms with Crippen LogP contribution in [0.25, 0.3) is 0 Å². The molecule has 1 heterocycles. The Hall–Kier alpha value is -0.760. The Bertz CT molecular complexity index is 318. The number of rotatable bonds is 10. The van der Waals surface area contributed by atoms with Crippen LogP contribution in [0, 0.1) is 11.3 Å². The molecule has 0 saturated heterocycles. The van der Waals surface area contributed by atoms with E-state index in [2.05, 4.69) is 39.1 Å². The zero-order valence-corrected chi connectivity index (χ0v) is 13.2. The number of furan rings is 1. The molecule has 110 valence electrons. The second kappa shape index (κ2) is 8.42. The summed E-state index contributed by atoms with van der Waals surface area (Å²) < 4.78 is 5.23. The van der Waals surface area contributed by atoms with Gasteiger partial charge in [0.2, 0.25) is 0 Å². The summed E-state index contributed by atoms with van der Waals surface area (Å²) in [5.74, 6) is 0.717. The smallest absolute Gasteiger partial charge is 0.0934 e. The maximum Gasteiger partial charge on any atom is 0.0934 e. The summed E-state index contributed by atoms with van der Waals surface area (Å²) in [5.41, 5.74) is 1.72. The van der Waals surface area contributed by atoms with Crippen molar-refractivity contribution in [2.45, 2.75) is 59.8 Å². The fraction of sp³-hybridized carbons (Fsp3) is 0.765. The van der Waals surface area contributed by atoms with Crippen LogP contribution in [0.3, 0.4) is 0 Å². The Balaban J connectivity index is 2.63. The second-order valence-corrected chi connectivity index (χ2v) is 6.29. The molecule has 0 saturated carbocycles. The lowest BCUT2D eigenvalue weighted by Crippen LogP contribution is -2.37. The van der Waals surface area contributed by atoms with E-state index < -0.39 is 0 Å². The molecule has 1 rings (SSSR count). The van der Waals surface area contributed by atoms with Crippen LogP contribution in [0.2, 0.25) is 0 Å². The predicted molar refractivity (Wildman–Crippen MR) is 82.4 cm³/mol. The molecule has 0 aliphatic carbocycles. The third-order valence-electron chi connectivity index (χ3n) is 4.02. The van der Waals surface area contributed by atoms with Crippen molar-refractivity contribution in [3.05, 3.63) is 24.2 Å². The zero-order chi connectivity index (χ0) is 14.1. The Morgan fingerprint density at radius 2 is 2.11 bits per heavy atom. The number of hydrogen-bond donors (Lipinski definition) is 1. The molecule has 0 amide bonds. The van der Waals surface area contributed by atoms with Crippen molar-refractivity contribution >= 4 is 0 Å². The molecule has 2 nitrogen and oxygen atoms in total. The highest BCUT2D eigenvalue weighted by Gasteiger charge is 2.28. The molecule has 1 atom stereocenters. The van der Waals surface area contributed by atoms with Crippen molar-refractivity contribution in [1.29, 1.82) is 0 Å². The zero-order valence-electron chi connectivity index (χ0n) is 13.2. The van der Waals surface area contributed by atoms with Crippen molar-refractivity contribution < 1.29 is 4.42 Å². The van der Waals surface area contributed by atoms with Gasteiger partial charge in [0.1, 0.15) is 0 Å². The second-order valence-electron chi connectivity index (χ2n) is 6.29. The highest BCUT2D eigenvalue weighted by atomic mass is 16.3. The van der Waals surface area contributed by atoms with Gasteiger partial charge in [0.15, 0.2) is 0 Å². The van der Waals surface area contributed by atoms with Gasteiger partial charge >= 0.3 is 0 Å². The van der Waals surface area contributed by atoms with Crippen LogP contribution in [0.15, 0.2) is 23.0 Å². The summed E-state index contributed by atoms with van der Waals surface area (Å²) in [5, 5.41) is 3.67. The van der Waals surface area contributed by atoms with Crippen molar-refractivity contribution in [2.24, 2.45) is 11.3 Å². The van der Waals surface area contributed by atoms with Crippen LogP contribution < -0.4 is 5.32 Å². The SMILES string of the molecule is CCCCC(CC)(CNCC(C)C)Cc1ccoc1. The lowest BCUT2D eigenvalue weighted by atomic mass is 9.75. The summed E-state index contributed by atoms with van der Waals surface area (Å²) in [7, 11) is 0. The molecular formula is C17H31NO. The third kappa shape index (κ3) is 5.82. The van der Waals surface area contributed by atoms with Crippen LogP contribution >= 0.6 is 0 Å². The molecule has 0 bridgehead atoms. The standard InChI is InChI=1S/C17H31NO/c1-5-7-9-17(6-2,14-18-12-15(3)4)11-16-8-10-19-13-16/h8,10,13,15,18H,5-7,9,11-12,14H2,1-4H3. The fourth-order valence-corrected chi connectivity index (χ4v) is 2.67. The van der Waals surface area contributed by atoms with E-state index in [1.54, 1.807) is 6.26 Å². The van der Waals surface area contributed by atoms with E-state index in [1.807, 2.05) is 6.26 Å². The Morgan fingerprint density at radius 3 is 2.63 bits per heavy atom. The molecule has 2 heteroatoms. The van der Waals surface area contributed by atoms with Crippen LogP contribution in [-0.2, 0) is 6.42 Å². The maximum absolute atomic E-state index is 5.23. The van der Waals surface area contributed by atoms with Gasteiger partial charge in [-0.25, -0.2) is 0 Å². The summed E-state index contributed by atoms with van der Waals surface area (Å²) in [6.07, 6.45) is 9.94. The molecule has 1 N–H and O–H groups in total. The van der Waals surface area contributed by atoms with E-state index in [1.165, 1.54) is 31.2 Å². The average Bonchev–Trinajstić information content (AvgIpc) is 2.88. The van der Waals surface area contributed by atoms with E-state index in [0.717, 1.165) is 25.4 Å². The molecule has 0 aliphatic heterocycles. The van der Waals surface area contributed by atoms with Gasteiger partial charge in [-0.15, -0.1) is 0 Å². The van der Waals surface area contributed by atoms with E-state index >= 15 is 0 Å². The number of hydrogen-bond acceptors (Lipinski definition) is 2. The van der Waals surface area contributed by atoms with Crippen LogP contribution in [0.5, 0.6) is 0 Å². The Morgan fingerprint density at radius 1 is 1.32 bits per heavy atom. The Labute approximate surface area is 119 Å². The van der Waals surface area contributed by atoms with E-state index in [-0.39, 0.29) is 0 Å². The average molecular weight is 265 g/mol. The first-order valence-electron chi connectivity index (χ1n) is 7.83. The molecule has 0 fully saturated rings. The van der Waals surface area contributed by atoms with Crippen LogP contribution in [-0.4, -0.2) is 13.1 Å². The molecular weight excluding hydrogens is 234 g/mol. The highest BCUT2D eigenvalue weighted by Crippen LogP contribution is 2.32. The number of unbranched alkanes of at least 4 members (excludes halogenated alkanes) is 1. The van der Waals surface area contributed by atoms with Gasteiger partial charge in [-0.3, -0.25) is 0 Å². The molecule has 1 aromatic heterocycles. The van der Waals surface area contributed by atoms with E-state index in [4.69, 9.17) is 4.42 Å². The molecule has 1 unspecified atom stereocenters. The van der Waals surface area contributed by atoms with Crippen molar-refractivity contribution in [1.82, 2.24) is 5.32 Å². The van der Waals surface area contributed by atoms with Gasteiger partial charge < -0.3 is 9.73 Å². The quantitative estimate of drug-likeness (QED) is 0.666. The first-order valence-corrected chi connectivity index (χ1v) is 7.83. The maximum atomic E-state index is 5.23. The third-order valence-corrected chi connectivity index (χ3v) is 4.02. The predicted octanol–water partition coefficient (Wildman–Crippen LogP) is 4.65. The van der Waals surface area contributed by atoms with Crippen molar-refractivity contribution in [2.75, 3.05) is 13.1 Å². The first-order chi connectivity index (χ1) is 9.12. The normalized spacial score (nSPS) is 14.8. The van der Waals surface area contributed by atoms with Gasteiger partial charge in [-0.2, -0.15) is 0 Å². The van der Waals surface area contributed by atoms with Crippen LogP contribution in [0.1, 0.15) is 58.9 Å². The highest BCUT2D eigenvalue weighted by molar-refractivity contribution is 5.09. The molecule has 0 aromatic carbocycles.